The van der Waals surface area contributed by atoms with E-state index in [-0.39, 0.29) is 12.6 Å². The van der Waals surface area contributed by atoms with E-state index in [2.05, 4.69) is 41.0 Å². The molecule has 0 bridgehead atoms. The van der Waals surface area contributed by atoms with Gasteiger partial charge in [0.05, 0.1) is 6.54 Å². The summed E-state index contributed by atoms with van der Waals surface area (Å²) in [6.07, 6.45) is 2.24. The SMILES string of the molecule is CC(c1ccc(N(C)C)cc1)N(CC(=O)O)C1CC1. The molecule has 1 fully saturated rings. The van der Waals surface area contributed by atoms with Gasteiger partial charge in [-0.25, -0.2) is 0 Å². The third-order valence-corrected chi connectivity index (χ3v) is 3.72. The summed E-state index contributed by atoms with van der Waals surface area (Å²) in [6, 6.07) is 8.95. The van der Waals surface area contributed by atoms with E-state index in [1.165, 1.54) is 5.56 Å². The number of hydrogen-bond acceptors (Lipinski definition) is 3. The highest BCUT2D eigenvalue weighted by Crippen LogP contribution is 2.34. The smallest absolute Gasteiger partial charge is 0.317 e. The number of aliphatic carboxylic acids is 1. The highest BCUT2D eigenvalue weighted by molar-refractivity contribution is 5.69. The van der Waals surface area contributed by atoms with Gasteiger partial charge in [0.1, 0.15) is 0 Å². The Morgan fingerprint density at radius 3 is 2.32 bits per heavy atom. The summed E-state index contributed by atoms with van der Waals surface area (Å²) in [4.78, 5) is 15.1. The maximum atomic E-state index is 11.0. The quantitative estimate of drug-likeness (QED) is 0.854. The third kappa shape index (κ3) is 3.47. The third-order valence-electron chi connectivity index (χ3n) is 3.72. The van der Waals surface area contributed by atoms with Crippen LogP contribution >= 0.6 is 0 Å². The lowest BCUT2D eigenvalue weighted by molar-refractivity contribution is -0.139. The fourth-order valence-corrected chi connectivity index (χ4v) is 2.39. The largest absolute Gasteiger partial charge is 0.480 e. The monoisotopic (exact) mass is 262 g/mol. The van der Waals surface area contributed by atoms with E-state index in [0.29, 0.717) is 6.04 Å². The number of nitrogens with zero attached hydrogens (tertiary/aromatic N) is 2. The Hall–Kier alpha value is -1.55. The van der Waals surface area contributed by atoms with Crippen LogP contribution in [0.25, 0.3) is 0 Å². The molecule has 2 rings (SSSR count). The number of benzene rings is 1. The lowest BCUT2D eigenvalue weighted by atomic mass is 10.1. The van der Waals surface area contributed by atoms with E-state index >= 15 is 0 Å². The highest BCUT2D eigenvalue weighted by Gasteiger charge is 2.33. The van der Waals surface area contributed by atoms with Crippen LogP contribution in [0.15, 0.2) is 24.3 Å². The topological polar surface area (TPSA) is 43.8 Å². The van der Waals surface area contributed by atoms with Gasteiger partial charge in [-0.3, -0.25) is 9.69 Å². The highest BCUT2D eigenvalue weighted by atomic mass is 16.4. The molecule has 1 saturated carbocycles. The van der Waals surface area contributed by atoms with Crippen molar-refractivity contribution in [3.05, 3.63) is 29.8 Å². The molecule has 1 aliphatic rings. The van der Waals surface area contributed by atoms with Crippen LogP contribution in [-0.2, 0) is 4.79 Å². The van der Waals surface area contributed by atoms with Crippen molar-refractivity contribution in [1.82, 2.24) is 4.90 Å². The fraction of sp³-hybridized carbons (Fsp3) is 0.533. The number of rotatable bonds is 6. The summed E-state index contributed by atoms with van der Waals surface area (Å²) < 4.78 is 0. The van der Waals surface area contributed by atoms with E-state index in [4.69, 9.17) is 5.11 Å². The molecule has 4 heteroatoms. The van der Waals surface area contributed by atoms with E-state index in [9.17, 15) is 4.79 Å². The molecule has 0 saturated heterocycles. The van der Waals surface area contributed by atoms with E-state index < -0.39 is 5.97 Å². The molecule has 1 atom stereocenters. The number of carboxylic acids is 1. The maximum absolute atomic E-state index is 11.0. The average molecular weight is 262 g/mol. The summed E-state index contributed by atoms with van der Waals surface area (Å²) >= 11 is 0. The molecule has 1 aromatic carbocycles. The molecule has 104 valence electrons. The predicted molar refractivity (Wildman–Crippen MR) is 76.5 cm³/mol. The number of hydrogen-bond donors (Lipinski definition) is 1. The molecule has 0 radical (unpaired) electrons. The van der Waals surface area contributed by atoms with Crippen LogP contribution in [0, 0.1) is 0 Å². The van der Waals surface area contributed by atoms with Crippen molar-refractivity contribution in [3.63, 3.8) is 0 Å². The molecule has 1 aromatic rings. The molecule has 0 heterocycles. The lowest BCUT2D eigenvalue weighted by Gasteiger charge is -2.28. The van der Waals surface area contributed by atoms with Gasteiger partial charge in [-0.05, 0) is 37.5 Å². The minimum absolute atomic E-state index is 0.126. The Kier molecular flexibility index (Phi) is 4.10. The summed E-state index contributed by atoms with van der Waals surface area (Å²) in [5, 5.41) is 9.02. The van der Waals surface area contributed by atoms with Crippen molar-refractivity contribution in [2.24, 2.45) is 0 Å². The Morgan fingerprint density at radius 1 is 1.32 bits per heavy atom. The minimum atomic E-state index is -0.747. The summed E-state index contributed by atoms with van der Waals surface area (Å²) in [7, 11) is 4.03. The Labute approximate surface area is 114 Å². The summed E-state index contributed by atoms with van der Waals surface area (Å²) in [6.45, 7) is 2.22. The van der Waals surface area contributed by atoms with Crippen molar-refractivity contribution in [2.45, 2.75) is 31.8 Å². The number of carbonyl (C=O) groups is 1. The number of carboxylic acid groups (broad SMARTS) is 1. The molecule has 1 N–H and O–H groups in total. The van der Waals surface area contributed by atoms with Gasteiger partial charge in [-0.15, -0.1) is 0 Å². The zero-order valence-corrected chi connectivity index (χ0v) is 11.8. The molecule has 4 nitrogen and oxygen atoms in total. The predicted octanol–water partition coefficient (Wildman–Crippen LogP) is 2.36. The second-order valence-electron chi connectivity index (χ2n) is 5.46. The minimum Gasteiger partial charge on any atom is -0.480 e. The molecule has 0 aromatic heterocycles. The normalized spacial score (nSPS) is 16.4. The van der Waals surface area contributed by atoms with Crippen LogP contribution in [-0.4, -0.2) is 42.7 Å². The van der Waals surface area contributed by atoms with Gasteiger partial charge in [-0.1, -0.05) is 12.1 Å². The van der Waals surface area contributed by atoms with Crippen molar-refractivity contribution in [2.75, 3.05) is 25.5 Å². The molecular weight excluding hydrogens is 240 g/mol. The molecule has 0 amide bonds. The summed E-state index contributed by atoms with van der Waals surface area (Å²) in [5.41, 5.74) is 2.34. The lowest BCUT2D eigenvalue weighted by Crippen LogP contribution is -2.34. The van der Waals surface area contributed by atoms with Crippen LogP contribution in [0.1, 0.15) is 31.4 Å². The molecule has 0 aliphatic heterocycles. The molecule has 1 aliphatic carbocycles. The van der Waals surface area contributed by atoms with Crippen LogP contribution in [0.2, 0.25) is 0 Å². The van der Waals surface area contributed by atoms with E-state index in [1.54, 1.807) is 0 Å². The first-order valence-corrected chi connectivity index (χ1v) is 6.74. The van der Waals surface area contributed by atoms with Gasteiger partial charge >= 0.3 is 5.97 Å². The van der Waals surface area contributed by atoms with Gasteiger partial charge in [-0.2, -0.15) is 0 Å². The molecule has 0 spiro atoms. The zero-order valence-electron chi connectivity index (χ0n) is 11.8. The van der Waals surface area contributed by atoms with Gasteiger partial charge < -0.3 is 10.0 Å². The maximum Gasteiger partial charge on any atom is 0.317 e. The first-order valence-electron chi connectivity index (χ1n) is 6.74. The number of anilines is 1. The van der Waals surface area contributed by atoms with Gasteiger partial charge in [0.2, 0.25) is 0 Å². The Balaban J connectivity index is 2.11. The molecule has 1 unspecified atom stereocenters. The van der Waals surface area contributed by atoms with Gasteiger partial charge in [0.15, 0.2) is 0 Å². The van der Waals surface area contributed by atoms with Crippen LogP contribution in [0.4, 0.5) is 5.69 Å². The first-order chi connectivity index (χ1) is 8.99. The van der Waals surface area contributed by atoms with Crippen molar-refractivity contribution in [1.29, 1.82) is 0 Å². The fourth-order valence-electron chi connectivity index (χ4n) is 2.39. The second kappa shape index (κ2) is 5.61. The standard InChI is InChI=1S/C15H22N2O2/c1-11(17(10-15(18)19)14-8-9-14)12-4-6-13(7-5-12)16(2)3/h4-7,11,14H,8-10H2,1-3H3,(H,18,19). The van der Waals surface area contributed by atoms with Crippen LogP contribution in [0.3, 0.4) is 0 Å². The second-order valence-corrected chi connectivity index (χ2v) is 5.46. The van der Waals surface area contributed by atoms with Crippen molar-refractivity contribution >= 4 is 11.7 Å². The van der Waals surface area contributed by atoms with Gasteiger partial charge in [0, 0.05) is 31.9 Å². The van der Waals surface area contributed by atoms with Crippen LogP contribution in [0.5, 0.6) is 0 Å². The Morgan fingerprint density at radius 2 is 1.89 bits per heavy atom. The molecule has 19 heavy (non-hydrogen) atoms. The molecular formula is C15H22N2O2. The van der Waals surface area contributed by atoms with Gasteiger partial charge in [0.25, 0.3) is 0 Å². The van der Waals surface area contributed by atoms with Crippen molar-refractivity contribution < 1.29 is 9.90 Å². The van der Waals surface area contributed by atoms with E-state index in [0.717, 1.165) is 18.5 Å². The summed E-state index contributed by atoms with van der Waals surface area (Å²) in [5.74, 6) is -0.747. The average Bonchev–Trinajstić information content (AvgIpc) is 3.19. The zero-order chi connectivity index (χ0) is 14.0. The van der Waals surface area contributed by atoms with E-state index in [1.807, 2.05) is 14.1 Å². The Bertz CT molecular complexity index is 438. The first kappa shape index (κ1) is 13.9. The van der Waals surface area contributed by atoms with Crippen LogP contribution < -0.4 is 4.90 Å². The van der Waals surface area contributed by atoms with Crippen molar-refractivity contribution in [3.8, 4) is 0 Å².